The molecule has 2 heterocycles. The van der Waals surface area contributed by atoms with Gasteiger partial charge < -0.3 is 47.2 Å². The molecule has 0 radical (unpaired) electrons. The van der Waals surface area contributed by atoms with Crippen molar-refractivity contribution in [3.63, 3.8) is 0 Å². The van der Waals surface area contributed by atoms with Crippen molar-refractivity contribution < 1.29 is 93.5 Å². The Balaban J connectivity index is 0.000000655. The number of methoxy groups -OCH3 is 2. The topological polar surface area (TPSA) is 237 Å². The van der Waals surface area contributed by atoms with Gasteiger partial charge in [0.1, 0.15) is 18.5 Å². The maximum atomic E-state index is 14.3. The molecule has 81 heavy (non-hydrogen) atoms. The van der Waals surface area contributed by atoms with Gasteiger partial charge in [-0.3, -0.25) is 28.8 Å². The summed E-state index contributed by atoms with van der Waals surface area (Å²) in [6, 6.07) is 0. The molecule has 0 bridgehead atoms. The van der Waals surface area contributed by atoms with Crippen LogP contribution in [0.5, 0.6) is 0 Å². The van der Waals surface area contributed by atoms with Crippen molar-refractivity contribution in [3.8, 4) is 0 Å². The summed E-state index contributed by atoms with van der Waals surface area (Å²) < 4.78 is 104. The van der Waals surface area contributed by atoms with E-state index >= 15 is 0 Å². The number of esters is 4. The zero-order chi connectivity index (χ0) is 60.8. The smallest absolute Gasteiger partial charge is 0.309 e. The van der Waals surface area contributed by atoms with Gasteiger partial charge in [-0.1, -0.05) is 71.3 Å². The third-order valence-corrected chi connectivity index (χ3v) is 16.2. The van der Waals surface area contributed by atoms with Gasteiger partial charge in [-0.15, -0.1) is 0 Å². The third kappa shape index (κ3) is 30.5. The highest BCUT2D eigenvalue weighted by Crippen LogP contribution is 2.43. The predicted molar refractivity (Wildman–Crippen MR) is 296 cm³/mol. The Morgan fingerprint density at radius 3 is 1.42 bits per heavy atom. The quantitative estimate of drug-likeness (QED) is 0.0111. The van der Waals surface area contributed by atoms with E-state index in [-0.39, 0.29) is 79.1 Å². The molecule has 0 aromatic carbocycles. The lowest BCUT2D eigenvalue weighted by molar-refractivity contribution is -0.195. The maximum absolute atomic E-state index is 14.3. The minimum Gasteiger partial charge on any atom is -0.469 e. The summed E-state index contributed by atoms with van der Waals surface area (Å²) in [5, 5.41) is 0. The second-order valence-electron chi connectivity index (χ2n) is 21.1. The van der Waals surface area contributed by atoms with E-state index in [1.807, 2.05) is 6.92 Å². The molecular weight excluding hydrogens is 1090 g/mol. The summed E-state index contributed by atoms with van der Waals surface area (Å²) in [5.74, 6) is -10.8. The molecule has 9 unspecified atom stereocenters. The van der Waals surface area contributed by atoms with Gasteiger partial charge in [-0.2, -0.15) is 17.6 Å². The summed E-state index contributed by atoms with van der Waals surface area (Å²) in [7, 11) is 3.17. The number of hydrogen-bond acceptors (Lipinski definition) is 18. The number of carbonyl (C=O) groups is 7. The number of rotatable bonds is 34. The van der Waals surface area contributed by atoms with Crippen LogP contribution in [0.15, 0.2) is 12.2 Å². The molecule has 468 valence electrons. The molecule has 2 aliphatic heterocycles. The lowest BCUT2D eigenvalue weighted by Gasteiger charge is -2.29. The second-order valence-corrected chi connectivity index (χ2v) is 23.1. The molecule has 0 N–H and O–H groups in total. The number of carbonyl (C=O) groups excluding carboxylic acids is 7. The Hall–Kier alpha value is -3.82. The molecule has 18 nitrogen and oxygen atoms in total. The molecule has 11 atom stereocenters. The number of ether oxygens (including phenoxy) is 8. The van der Waals surface area contributed by atoms with Crippen LogP contribution in [0.2, 0.25) is 0 Å². The summed E-state index contributed by atoms with van der Waals surface area (Å²) in [6.45, 7) is 9.34. The number of unbranched alkanes of at least 4 members (excludes halogenated alkanes) is 8. The van der Waals surface area contributed by atoms with E-state index in [0.717, 1.165) is 109 Å². The Kier molecular flexibility index (Phi) is 39.8. The van der Waals surface area contributed by atoms with Crippen molar-refractivity contribution in [2.75, 3.05) is 47.4 Å². The molecule has 2 saturated heterocycles. The summed E-state index contributed by atoms with van der Waals surface area (Å²) in [6.07, 6.45) is 18.1. The van der Waals surface area contributed by atoms with Gasteiger partial charge in [0, 0.05) is 114 Å². The standard InChI is InChI=1S/C28H44F2O7.C21H34O7.C9H17F2O2P.O2/c1-4-5-17-28(29,30)25(32)16-15-22-21(12-8-6-7-9-13-26(33)34-3)23(36-20(2)31)19-24(22)37-27-14-10-11-18-35-27;1-15(23)27-18-13-19(28-21-11-7-8-12-26-21)17(14-22)16(18)9-5-3-4-6-10-20(24)25-2;1-4-5-6-9(10,11)8(12)7-14(3)13-2;1-2/h15-16,21-24,27H,4-14,17-19H2,1-3H3;14,16-19,21H,3-13H2,1-2H3;4-7H2,1-3H3;/b16-15+;;;/t21?,22-,23?,24?,27?;16?,17-,18?,19?,21?;;/m11../s1. The average molecular weight is 1190 g/mol. The molecule has 0 aromatic heterocycles. The first kappa shape index (κ1) is 75.2. The van der Waals surface area contributed by atoms with Crippen LogP contribution >= 0.6 is 8.15 Å². The minimum absolute atomic E-state index is 0.0319. The lowest BCUT2D eigenvalue weighted by Crippen LogP contribution is -2.32. The van der Waals surface area contributed by atoms with Crippen molar-refractivity contribution >= 4 is 49.9 Å². The van der Waals surface area contributed by atoms with E-state index in [1.54, 1.807) is 19.7 Å². The maximum Gasteiger partial charge on any atom is 0.309 e. The molecule has 4 rings (SSSR count). The van der Waals surface area contributed by atoms with Crippen molar-refractivity contribution in [3.05, 3.63) is 22.1 Å². The van der Waals surface area contributed by atoms with Gasteiger partial charge in [0.25, 0.3) is 0 Å². The fourth-order valence-corrected chi connectivity index (χ4v) is 11.1. The largest absolute Gasteiger partial charge is 0.469 e. The third-order valence-electron chi connectivity index (χ3n) is 14.8. The Morgan fingerprint density at radius 1 is 0.593 bits per heavy atom. The second kappa shape index (κ2) is 42.9. The summed E-state index contributed by atoms with van der Waals surface area (Å²) in [5.41, 5.74) is 0. The highest BCUT2D eigenvalue weighted by Gasteiger charge is 2.48. The minimum atomic E-state index is -3.40. The predicted octanol–water partition coefficient (Wildman–Crippen LogP) is 12.2. The number of ketones is 2. The number of halogens is 4. The van der Waals surface area contributed by atoms with Crippen LogP contribution in [-0.2, 0) is 76.0 Å². The molecule has 4 aliphatic rings. The molecule has 23 heteroatoms. The molecule has 0 spiro atoms. The van der Waals surface area contributed by atoms with Gasteiger partial charge in [-0.05, 0) is 89.8 Å². The fraction of sp³-hybridized carbons (Fsp3) is 0.845. The number of allylic oxidation sites excluding steroid dienone is 1. The summed E-state index contributed by atoms with van der Waals surface area (Å²) >= 11 is 0. The normalized spacial score (nSPS) is 24.9. The van der Waals surface area contributed by atoms with Crippen LogP contribution in [0, 0.1) is 33.6 Å². The van der Waals surface area contributed by atoms with Gasteiger partial charge >= 0.3 is 35.7 Å². The number of Topliss-reactive ketones (excluding diaryl/α,β-unsaturated/α-hetero) is 1. The van der Waals surface area contributed by atoms with Crippen molar-refractivity contribution in [1.82, 2.24) is 0 Å². The Bertz CT molecular complexity index is 1830. The van der Waals surface area contributed by atoms with Gasteiger partial charge in [0.2, 0.25) is 11.6 Å². The van der Waals surface area contributed by atoms with Crippen LogP contribution in [0.1, 0.15) is 195 Å². The number of alkyl halides is 4. The van der Waals surface area contributed by atoms with Gasteiger partial charge in [0.05, 0.1) is 32.6 Å². The molecule has 0 amide bonds. The van der Waals surface area contributed by atoms with Crippen LogP contribution in [0.3, 0.4) is 0 Å². The Labute approximate surface area is 478 Å². The number of hydrogen-bond donors (Lipinski definition) is 0. The Morgan fingerprint density at radius 2 is 1.02 bits per heavy atom. The highest BCUT2D eigenvalue weighted by molar-refractivity contribution is 7.52. The molecular formula is C58H95F4O18P. The van der Waals surface area contributed by atoms with Gasteiger partial charge in [-0.25, -0.2) is 0 Å². The fourth-order valence-electron chi connectivity index (χ4n) is 10.4. The van der Waals surface area contributed by atoms with E-state index in [2.05, 4.69) is 9.47 Å². The first-order valence-electron chi connectivity index (χ1n) is 29.1. The van der Waals surface area contributed by atoms with Crippen molar-refractivity contribution in [2.24, 2.45) is 23.7 Å². The van der Waals surface area contributed by atoms with E-state index in [0.29, 0.717) is 64.6 Å². The van der Waals surface area contributed by atoms with Crippen molar-refractivity contribution in [1.29, 1.82) is 0 Å². The van der Waals surface area contributed by atoms with Crippen LogP contribution in [0.25, 0.3) is 0 Å². The van der Waals surface area contributed by atoms with Crippen molar-refractivity contribution in [2.45, 2.75) is 243 Å². The monoisotopic (exact) mass is 1190 g/mol. The molecule has 2 aliphatic carbocycles. The van der Waals surface area contributed by atoms with Gasteiger partial charge in [0.15, 0.2) is 12.6 Å². The van der Waals surface area contributed by atoms with E-state index in [9.17, 15) is 51.1 Å². The molecule has 2 saturated carbocycles. The van der Waals surface area contributed by atoms with Crippen LogP contribution in [-0.4, -0.2) is 138 Å². The van der Waals surface area contributed by atoms with Crippen LogP contribution < -0.4 is 0 Å². The zero-order valence-electron chi connectivity index (χ0n) is 49.3. The van der Waals surface area contributed by atoms with E-state index in [1.165, 1.54) is 35.2 Å². The molecule has 4 fully saturated rings. The first-order valence-corrected chi connectivity index (χ1v) is 31.0. The van der Waals surface area contributed by atoms with E-state index < -0.39 is 62.4 Å². The summed E-state index contributed by atoms with van der Waals surface area (Å²) in [4.78, 5) is 95.2. The zero-order valence-corrected chi connectivity index (χ0v) is 50.2. The average Bonchev–Trinajstić information content (AvgIpc) is 4.14. The SMILES string of the molecule is CCCCC(F)(F)C(=O)/C=C/[C@H]1C(OC2CCCCO2)CC(OC(C)=O)C1CCCCCCC(=O)OC.CCCCC(F)(F)C(=O)CP(C)OC.COC(=O)CCCCCCC1C(OC(C)=O)CC(OC2CCCCO2)[C@@H]1C=O.O=O. The highest BCUT2D eigenvalue weighted by atomic mass is 31.1. The van der Waals surface area contributed by atoms with Crippen LogP contribution in [0.4, 0.5) is 17.6 Å². The first-order chi connectivity index (χ1) is 38.7. The lowest BCUT2D eigenvalue weighted by atomic mass is 9.87. The van der Waals surface area contributed by atoms with E-state index in [4.69, 9.17) is 42.9 Å². The number of aldehydes is 1. The molecule has 0 aromatic rings.